The molecule has 0 fully saturated rings. The standard InChI is InChI=1S/C12H22BrN3/c1-7(2)10(8(3)14)6-11-12(13)9(4)15-16(11)5/h7-8,10H,6,14H2,1-5H3. The lowest BCUT2D eigenvalue weighted by atomic mass is 9.86. The molecule has 0 bridgehead atoms. The molecule has 92 valence electrons. The van der Waals surface area contributed by atoms with Crippen molar-refractivity contribution in [3.05, 3.63) is 15.9 Å². The van der Waals surface area contributed by atoms with Crippen molar-refractivity contribution in [1.82, 2.24) is 9.78 Å². The molecule has 0 amide bonds. The quantitative estimate of drug-likeness (QED) is 0.925. The Labute approximate surface area is 107 Å². The molecule has 0 aliphatic carbocycles. The molecule has 0 radical (unpaired) electrons. The van der Waals surface area contributed by atoms with E-state index in [1.165, 1.54) is 5.69 Å². The van der Waals surface area contributed by atoms with Gasteiger partial charge < -0.3 is 5.73 Å². The Kier molecular flexibility index (Phi) is 4.56. The van der Waals surface area contributed by atoms with Crippen LogP contribution < -0.4 is 5.73 Å². The van der Waals surface area contributed by atoms with Crippen LogP contribution in [-0.2, 0) is 13.5 Å². The third-order valence-electron chi connectivity index (χ3n) is 3.22. The summed E-state index contributed by atoms with van der Waals surface area (Å²) < 4.78 is 3.08. The number of halogens is 1. The van der Waals surface area contributed by atoms with Gasteiger partial charge in [0.2, 0.25) is 0 Å². The molecule has 4 heteroatoms. The SMILES string of the molecule is Cc1nn(C)c(CC(C(C)C)C(C)N)c1Br. The highest BCUT2D eigenvalue weighted by Gasteiger charge is 2.22. The van der Waals surface area contributed by atoms with Crippen LogP contribution >= 0.6 is 15.9 Å². The lowest BCUT2D eigenvalue weighted by Crippen LogP contribution is -2.32. The minimum Gasteiger partial charge on any atom is -0.328 e. The molecule has 0 aliphatic rings. The fourth-order valence-corrected chi connectivity index (χ4v) is 2.65. The predicted octanol–water partition coefficient (Wildman–Crippen LogP) is 2.65. The van der Waals surface area contributed by atoms with Gasteiger partial charge in [-0.05, 0) is 48.0 Å². The molecule has 1 heterocycles. The molecular formula is C12H22BrN3. The summed E-state index contributed by atoms with van der Waals surface area (Å²) >= 11 is 3.60. The smallest absolute Gasteiger partial charge is 0.0738 e. The van der Waals surface area contributed by atoms with E-state index in [-0.39, 0.29) is 6.04 Å². The first-order valence-electron chi connectivity index (χ1n) is 5.78. The molecule has 1 rings (SSSR count). The molecule has 3 nitrogen and oxygen atoms in total. The highest BCUT2D eigenvalue weighted by Crippen LogP contribution is 2.26. The van der Waals surface area contributed by atoms with Crippen LogP contribution in [0, 0.1) is 18.8 Å². The second-order valence-corrected chi connectivity index (χ2v) is 5.73. The zero-order valence-corrected chi connectivity index (χ0v) is 12.4. The maximum absolute atomic E-state index is 6.05. The zero-order chi connectivity index (χ0) is 12.5. The van der Waals surface area contributed by atoms with E-state index in [1.807, 2.05) is 18.7 Å². The monoisotopic (exact) mass is 287 g/mol. The van der Waals surface area contributed by atoms with Gasteiger partial charge in [0.15, 0.2) is 0 Å². The Morgan fingerprint density at radius 1 is 1.38 bits per heavy atom. The maximum Gasteiger partial charge on any atom is 0.0738 e. The van der Waals surface area contributed by atoms with E-state index in [1.54, 1.807) is 0 Å². The van der Waals surface area contributed by atoms with E-state index in [0.29, 0.717) is 11.8 Å². The molecule has 0 spiro atoms. The summed E-state index contributed by atoms with van der Waals surface area (Å²) in [7, 11) is 1.99. The van der Waals surface area contributed by atoms with Crippen molar-refractivity contribution in [3.63, 3.8) is 0 Å². The number of hydrogen-bond acceptors (Lipinski definition) is 2. The summed E-state index contributed by atoms with van der Waals surface area (Å²) in [5.74, 6) is 1.08. The molecule has 0 saturated heterocycles. The summed E-state index contributed by atoms with van der Waals surface area (Å²) in [6.07, 6.45) is 0.979. The van der Waals surface area contributed by atoms with E-state index >= 15 is 0 Å². The average Bonchev–Trinajstić information content (AvgIpc) is 2.38. The van der Waals surface area contributed by atoms with Crippen LogP contribution in [0.25, 0.3) is 0 Å². The minimum absolute atomic E-state index is 0.210. The number of nitrogens with zero attached hydrogens (tertiary/aromatic N) is 2. The molecule has 0 saturated carbocycles. The Bertz CT molecular complexity index is 347. The number of nitrogens with two attached hydrogens (primary N) is 1. The van der Waals surface area contributed by atoms with Crippen molar-refractivity contribution >= 4 is 15.9 Å². The highest BCUT2D eigenvalue weighted by atomic mass is 79.9. The molecule has 0 aliphatic heterocycles. The van der Waals surface area contributed by atoms with Gasteiger partial charge in [0, 0.05) is 13.1 Å². The van der Waals surface area contributed by atoms with E-state index < -0.39 is 0 Å². The van der Waals surface area contributed by atoms with Crippen LogP contribution in [0.1, 0.15) is 32.2 Å². The normalized spacial score (nSPS) is 15.5. The lowest BCUT2D eigenvalue weighted by molar-refractivity contribution is 0.323. The molecule has 1 aromatic rings. The topological polar surface area (TPSA) is 43.8 Å². The molecule has 0 aromatic carbocycles. The summed E-state index contributed by atoms with van der Waals surface area (Å²) in [6, 6.07) is 0.210. The summed E-state index contributed by atoms with van der Waals surface area (Å²) in [5, 5.41) is 4.41. The van der Waals surface area contributed by atoms with Crippen LogP contribution in [0.5, 0.6) is 0 Å². The molecular weight excluding hydrogens is 266 g/mol. The predicted molar refractivity (Wildman–Crippen MR) is 71.3 cm³/mol. The lowest BCUT2D eigenvalue weighted by Gasteiger charge is -2.24. The van der Waals surface area contributed by atoms with Crippen molar-refractivity contribution in [2.24, 2.45) is 24.6 Å². The Morgan fingerprint density at radius 3 is 2.25 bits per heavy atom. The maximum atomic E-state index is 6.05. The summed E-state index contributed by atoms with van der Waals surface area (Å²) in [6.45, 7) is 8.56. The Hall–Kier alpha value is -0.350. The minimum atomic E-state index is 0.210. The van der Waals surface area contributed by atoms with Gasteiger partial charge in [0.25, 0.3) is 0 Å². The van der Waals surface area contributed by atoms with Gasteiger partial charge in [-0.25, -0.2) is 0 Å². The van der Waals surface area contributed by atoms with E-state index in [0.717, 1.165) is 16.6 Å². The molecule has 2 N–H and O–H groups in total. The first-order valence-corrected chi connectivity index (χ1v) is 6.57. The van der Waals surface area contributed by atoms with Gasteiger partial charge in [-0.15, -0.1) is 0 Å². The number of rotatable bonds is 4. The second-order valence-electron chi connectivity index (χ2n) is 4.94. The van der Waals surface area contributed by atoms with E-state index in [2.05, 4.69) is 41.8 Å². The van der Waals surface area contributed by atoms with Crippen LogP contribution in [0.2, 0.25) is 0 Å². The van der Waals surface area contributed by atoms with Crippen molar-refractivity contribution in [2.45, 2.75) is 40.2 Å². The third kappa shape index (κ3) is 2.86. The summed E-state index contributed by atoms with van der Waals surface area (Å²) in [5.41, 5.74) is 8.34. The van der Waals surface area contributed by atoms with Gasteiger partial charge in [0.05, 0.1) is 15.9 Å². The van der Waals surface area contributed by atoms with Crippen molar-refractivity contribution in [3.8, 4) is 0 Å². The van der Waals surface area contributed by atoms with Crippen LogP contribution in [0.15, 0.2) is 4.47 Å². The molecule has 16 heavy (non-hydrogen) atoms. The Morgan fingerprint density at radius 2 is 1.94 bits per heavy atom. The van der Waals surface area contributed by atoms with Crippen LogP contribution in [0.3, 0.4) is 0 Å². The largest absolute Gasteiger partial charge is 0.328 e. The number of aryl methyl sites for hydroxylation is 2. The third-order valence-corrected chi connectivity index (χ3v) is 4.25. The fraction of sp³-hybridized carbons (Fsp3) is 0.750. The summed E-state index contributed by atoms with van der Waals surface area (Å²) in [4.78, 5) is 0. The number of aromatic nitrogens is 2. The zero-order valence-electron chi connectivity index (χ0n) is 10.8. The van der Waals surface area contributed by atoms with Crippen LogP contribution in [0.4, 0.5) is 0 Å². The van der Waals surface area contributed by atoms with Gasteiger partial charge in [-0.3, -0.25) is 4.68 Å². The molecule has 2 unspecified atom stereocenters. The van der Waals surface area contributed by atoms with Gasteiger partial charge in [-0.2, -0.15) is 5.10 Å². The highest BCUT2D eigenvalue weighted by molar-refractivity contribution is 9.10. The van der Waals surface area contributed by atoms with Crippen molar-refractivity contribution < 1.29 is 0 Å². The molecule has 2 atom stereocenters. The van der Waals surface area contributed by atoms with Crippen molar-refractivity contribution in [2.75, 3.05) is 0 Å². The fourth-order valence-electron chi connectivity index (χ4n) is 2.15. The first-order chi connectivity index (χ1) is 7.34. The van der Waals surface area contributed by atoms with Gasteiger partial charge in [0.1, 0.15) is 0 Å². The average molecular weight is 288 g/mol. The van der Waals surface area contributed by atoms with E-state index in [9.17, 15) is 0 Å². The number of hydrogen-bond donors (Lipinski definition) is 1. The second kappa shape index (κ2) is 5.32. The molecule has 1 aromatic heterocycles. The van der Waals surface area contributed by atoms with Crippen LogP contribution in [-0.4, -0.2) is 15.8 Å². The van der Waals surface area contributed by atoms with Crippen molar-refractivity contribution in [1.29, 1.82) is 0 Å². The first kappa shape index (κ1) is 13.7. The van der Waals surface area contributed by atoms with Gasteiger partial charge >= 0.3 is 0 Å². The van der Waals surface area contributed by atoms with Gasteiger partial charge in [-0.1, -0.05) is 13.8 Å². The van der Waals surface area contributed by atoms with E-state index in [4.69, 9.17) is 5.73 Å². The Balaban J connectivity index is 2.93.